The van der Waals surface area contributed by atoms with Gasteiger partial charge in [-0.05, 0) is 37.0 Å². The summed E-state index contributed by atoms with van der Waals surface area (Å²) in [6.45, 7) is 2.22. The molecule has 0 amide bonds. The van der Waals surface area contributed by atoms with E-state index in [0.29, 0.717) is 6.04 Å². The van der Waals surface area contributed by atoms with Crippen molar-refractivity contribution in [2.45, 2.75) is 38.3 Å². The van der Waals surface area contributed by atoms with Crippen molar-refractivity contribution in [1.29, 1.82) is 0 Å². The first kappa shape index (κ1) is 10.0. The van der Waals surface area contributed by atoms with Crippen molar-refractivity contribution in [1.82, 2.24) is 5.32 Å². The van der Waals surface area contributed by atoms with Gasteiger partial charge in [0.15, 0.2) is 0 Å². The smallest absolute Gasteiger partial charge is 0.0406 e. The minimum atomic E-state index is 0.500. The molecule has 0 heterocycles. The first-order valence-corrected chi connectivity index (χ1v) is 5.69. The predicted octanol–water partition coefficient (Wildman–Crippen LogP) is 3.54. The third-order valence-electron chi connectivity index (χ3n) is 2.69. The molecule has 1 atom stereocenters. The van der Waals surface area contributed by atoms with E-state index >= 15 is 0 Å². The van der Waals surface area contributed by atoms with Crippen LogP contribution in [0.1, 0.15) is 37.8 Å². The molecule has 1 N–H and O–H groups in total. The van der Waals surface area contributed by atoms with E-state index in [2.05, 4.69) is 24.4 Å². The third-order valence-corrected chi connectivity index (χ3v) is 2.95. The Balaban J connectivity index is 2.05. The van der Waals surface area contributed by atoms with Crippen LogP contribution in [0.5, 0.6) is 0 Å². The zero-order chi connectivity index (χ0) is 9.97. The van der Waals surface area contributed by atoms with Crippen molar-refractivity contribution in [2.75, 3.05) is 0 Å². The second-order valence-electron chi connectivity index (χ2n) is 3.95. The molecule has 0 bridgehead atoms. The summed E-state index contributed by atoms with van der Waals surface area (Å²) >= 11 is 5.86. The highest BCUT2D eigenvalue weighted by Crippen LogP contribution is 2.26. The van der Waals surface area contributed by atoms with Crippen LogP contribution in [0.25, 0.3) is 0 Å². The quantitative estimate of drug-likeness (QED) is 0.800. The fourth-order valence-corrected chi connectivity index (χ4v) is 1.81. The van der Waals surface area contributed by atoms with Crippen molar-refractivity contribution >= 4 is 11.6 Å². The zero-order valence-corrected chi connectivity index (χ0v) is 9.22. The van der Waals surface area contributed by atoms with Gasteiger partial charge in [0.2, 0.25) is 0 Å². The molecule has 1 aromatic rings. The highest BCUT2D eigenvalue weighted by atomic mass is 35.5. The summed E-state index contributed by atoms with van der Waals surface area (Å²) in [5, 5.41) is 4.45. The first-order chi connectivity index (χ1) is 6.79. The van der Waals surface area contributed by atoms with Gasteiger partial charge in [-0.3, -0.25) is 0 Å². The lowest BCUT2D eigenvalue weighted by molar-refractivity contribution is 0.516. The number of hydrogen-bond acceptors (Lipinski definition) is 1. The molecule has 1 fully saturated rings. The first-order valence-electron chi connectivity index (χ1n) is 5.31. The molecule has 14 heavy (non-hydrogen) atoms. The molecule has 1 saturated carbocycles. The summed E-state index contributed by atoms with van der Waals surface area (Å²) in [5.41, 5.74) is 1.35. The predicted molar refractivity (Wildman–Crippen MR) is 60.6 cm³/mol. The van der Waals surface area contributed by atoms with Crippen LogP contribution >= 0.6 is 11.6 Å². The van der Waals surface area contributed by atoms with E-state index in [1.807, 2.05) is 12.1 Å². The molecule has 2 heteroatoms. The SMILES string of the molecule is CCC(NC1CC1)c1ccc(Cl)cc1. The number of halogens is 1. The largest absolute Gasteiger partial charge is 0.307 e. The minimum Gasteiger partial charge on any atom is -0.307 e. The van der Waals surface area contributed by atoms with Crippen LogP contribution in [0.15, 0.2) is 24.3 Å². The number of nitrogens with one attached hydrogen (secondary N) is 1. The Morgan fingerprint density at radius 1 is 1.36 bits per heavy atom. The topological polar surface area (TPSA) is 12.0 Å². The molecule has 1 nitrogen and oxygen atoms in total. The summed E-state index contributed by atoms with van der Waals surface area (Å²) in [4.78, 5) is 0. The number of hydrogen-bond donors (Lipinski definition) is 1. The Morgan fingerprint density at radius 3 is 2.50 bits per heavy atom. The molecule has 0 aliphatic heterocycles. The molecule has 0 spiro atoms. The van der Waals surface area contributed by atoms with Gasteiger partial charge in [0.05, 0.1) is 0 Å². The Kier molecular flexibility index (Phi) is 3.09. The van der Waals surface area contributed by atoms with Gasteiger partial charge in [-0.25, -0.2) is 0 Å². The second kappa shape index (κ2) is 4.33. The van der Waals surface area contributed by atoms with Crippen LogP contribution < -0.4 is 5.32 Å². The maximum atomic E-state index is 5.86. The van der Waals surface area contributed by atoms with Crippen molar-refractivity contribution in [3.05, 3.63) is 34.9 Å². The lowest BCUT2D eigenvalue weighted by Gasteiger charge is -2.16. The number of benzene rings is 1. The Morgan fingerprint density at radius 2 is 2.00 bits per heavy atom. The summed E-state index contributed by atoms with van der Waals surface area (Å²) < 4.78 is 0. The molecule has 2 rings (SSSR count). The van der Waals surface area contributed by atoms with Crippen molar-refractivity contribution in [2.24, 2.45) is 0 Å². The van der Waals surface area contributed by atoms with Gasteiger partial charge in [-0.1, -0.05) is 30.7 Å². The van der Waals surface area contributed by atoms with E-state index in [1.54, 1.807) is 0 Å². The van der Waals surface area contributed by atoms with Crippen LogP contribution in [-0.2, 0) is 0 Å². The normalized spacial score (nSPS) is 18.1. The van der Waals surface area contributed by atoms with E-state index in [0.717, 1.165) is 17.5 Å². The fraction of sp³-hybridized carbons (Fsp3) is 0.500. The molecule has 1 unspecified atom stereocenters. The average Bonchev–Trinajstić information content (AvgIpc) is 3.00. The summed E-state index contributed by atoms with van der Waals surface area (Å²) in [7, 11) is 0. The van der Waals surface area contributed by atoms with E-state index in [-0.39, 0.29) is 0 Å². The molecule has 0 radical (unpaired) electrons. The Labute approximate surface area is 90.5 Å². The fourth-order valence-electron chi connectivity index (χ4n) is 1.68. The third kappa shape index (κ3) is 2.49. The van der Waals surface area contributed by atoms with Gasteiger partial charge in [-0.2, -0.15) is 0 Å². The van der Waals surface area contributed by atoms with Gasteiger partial charge in [0.25, 0.3) is 0 Å². The maximum Gasteiger partial charge on any atom is 0.0406 e. The molecule has 1 aliphatic carbocycles. The van der Waals surface area contributed by atoms with E-state index < -0.39 is 0 Å². The summed E-state index contributed by atoms with van der Waals surface area (Å²) in [6, 6.07) is 9.43. The number of rotatable bonds is 4. The summed E-state index contributed by atoms with van der Waals surface area (Å²) in [5.74, 6) is 0. The average molecular weight is 210 g/mol. The molecular weight excluding hydrogens is 194 g/mol. The summed E-state index contributed by atoms with van der Waals surface area (Å²) in [6.07, 6.45) is 3.81. The highest BCUT2D eigenvalue weighted by Gasteiger charge is 2.24. The maximum absolute atomic E-state index is 5.86. The van der Waals surface area contributed by atoms with Gasteiger partial charge in [0.1, 0.15) is 0 Å². The zero-order valence-electron chi connectivity index (χ0n) is 8.46. The van der Waals surface area contributed by atoms with Gasteiger partial charge >= 0.3 is 0 Å². The van der Waals surface area contributed by atoms with Crippen LogP contribution in [0.3, 0.4) is 0 Å². The highest BCUT2D eigenvalue weighted by molar-refractivity contribution is 6.30. The second-order valence-corrected chi connectivity index (χ2v) is 4.39. The molecule has 1 aromatic carbocycles. The van der Waals surface area contributed by atoms with Crippen molar-refractivity contribution in [3.8, 4) is 0 Å². The van der Waals surface area contributed by atoms with Crippen LogP contribution in [0.4, 0.5) is 0 Å². The van der Waals surface area contributed by atoms with E-state index in [9.17, 15) is 0 Å². The lowest BCUT2D eigenvalue weighted by Crippen LogP contribution is -2.22. The Bertz CT molecular complexity index is 290. The van der Waals surface area contributed by atoms with Crippen LogP contribution in [-0.4, -0.2) is 6.04 Å². The van der Waals surface area contributed by atoms with E-state index in [4.69, 9.17) is 11.6 Å². The standard InChI is InChI=1S/C12H16ClN/c1-2-12(14-11-7-8-11)9-3-5-10(13)6-4-9/h3-6,11-12,14H,2,7-8H2,1H3. The monoisotopic (exact) mass is 209 g/mol. The van der Waals surface area contributed by atoms with Crippen molar-refractivity contribution < 1.29 is 0 Å². The Hall–Kier alpha value is -0.530. The van der Waals surface area contributed by atoms with Crippen molar-refractivity contribution in [3.63, 3.8) is 0 Å². The molecule has 76 valence electrons. The van der Waals surface area contributed by atoms with Gasteiger partial charge < -0.3 is 5.32 Å². The molecule has 1 aliphatic rings. The lowest BCUT2D eigenvalue weighted by atomic mass is 10.0. The van der Waals surface area contributed by atoms with E-state index in [1.165, 1.54) is 18.4 Å². The molecular formula is C12H16ClN. The molecule has 0 saturated heterocycles. The van der Waals surface area contributed by atoms with Crippen LogP contribution in [0, 0.1) is 0 Å². The van der Waals surface area contributed by atoms with Gasteiger partial charge in [-0.15, -0.1) is 0 Å². The minimum absolute atomic E-state index is 0.500. The van der Waals surface area contributed by atoms with Gasteiger partial charge in [0, 0.05) is 17.1 Å². The molecule has 0 aromatic heterocycles. The van der Waals surface area contributed by atoms with Crippen LogP contribution in [0.2, 0.25) is 5.02 Å².